The van der Waals surface area contributed by atoms with Crippen LogP contribution in [-0.4, -0.2) is 38.1 Å². The minimum absolute atomic E-state index is 0.155. The highest BCUT2D eigenvalue weighted by Crippen LogP contribution is 2.36. The molecule has 0 aromatic heterocycles. The predicted octanol–water partition coefficient (Wildman–Crippen LogP) is 1.58. The number of ether oxygens (including phenoxy) is 1. The van der Waals surface area contributed by atoms with Crippen molar-refractivity contribution in [3.63, 3.8) is 0 Å². The highest BCUT2D eigenvalue weighted by atomic mass is 16.5. The number of hydrogen-bond donors (Lipinski definition) is 1. The molecule has 0 spiro atoms. The van der Waals surface area contributed by atoms with Gasteiger partial charge in [0.25, 0.3) is 0 Å². The second-order valence-corrected chi connectivity index (χ2v) is 4.52. The summed E-state index contributed by atoms with van der Waals surface area (Å²) in [6.07, 6.45) is 2.06. The largest absolute Gasteiger partial charge is 0.496 e. The lowest BCUT2D eigenvalue weighted by atomic mass is 10.0. The van der Waals surface area contributed by atoms with Crippen LogP contribution in [0.25, 0.3) is 0 Å². The Labute approximate surface area is 108 Å². The summed E-state index contributed by atoms with van der Waals surface area (Å²) in [5, 5.41) is 2.92. The van der Waals surface area contributed by atoms with Gasteiger partial charge in [0.2, 0.25) is 5.91 Å². The molecule has 1 saturated heterocycles. The van der Waals surface area contributed by atoms with E-state index in [4.69, 9.17) is 4.74 Å². The molecule has 0 aliphatic carbocycles. The number of benzene rings is 1. The van der Waals surface area contributed by atoms with Gasteiger partial charge < -0.3 is 15.0 Å². The van der Waals surface area contributed by atoms with Crippen LogP contribution in [0.1, 0.15) is 24.4 Å². The van der Waals surface area contributed by atoms with Crippen molar-refractivity contribution in [3.05, 3.63) is 29.8 Å². The smallest absolute Gasteiger partial charge is 0.237 e. The topological polar surface area (TPSA) is 41.6 Å². The fourth-order valence-electron chi connectivity index (χ4n) is 2.58. The first-order valence-corrected chi connectivity index (χ1v) is 6.35. The molecule has 0 saturated carbocycles. The quantitative estimate of drug-likeness (QED) is 0.879. The van der Waals surface area contributed by atoms with Crippen molar-refractivity contribution >= 4 is 5.91 Å². The Morgan fingerprint density at radius 1 is 1.50 bits per heavy atom. The highest BCUT2D eigenvalue weighted by molar-refractivity contribution is 5.79. The van der Waals surface area contributed by atoms with Crippen molar-refractivity contribution in [2.45, 2.75) is 18.9 Å². The number of hydrogen-bond acceptors (Lipinski definition) is 3. The lowest BCUT2D eigenvalue weighted by molar-refractivity contribution is -0.131. The number of nitrogens with zero attached hydrogens (tertiary/aromatic N) is 1. The number of carbonyl (C=O) groups is 1. The van der Waals surface area contributed by atoms with Crippen LogP contribution in [0.4, 0.5) is 0 Å². The molecule has 1 atom stereocenters. The van der Waals surface area contributed by atoms with Crippen LogP contribution >= 0.6 is 0 Å². The van der Waals surface area contributed by atoms with Crippen molar-refractivity contribution in [2.75, 3.05) is 27.2 Å². The second kappa shape index (κ2) is 5.87. The van der Waals surface area contributed by atoms with Crippen LogP contribution in [0, 0.1) is 0 Å². The molecule has 1 fully saturated rings. The molecule has 1 aromatic carbocycles. The van der Waals surface area contributed by atoms with Gasteiger partial charge >= 0.3 is 0 Å². The van der Waals surface area contributed by atoms with Gasteiger partial charge in [0, 0.05) is 12.1 Å². The molecule has 1 aromatic rings. The van der Waals surface area contributed by atoms with Gasteiger partial charge in [0.1, 0.15) is 5.75 Å². The van der Waals surface area contributed by atoms with Crippen LogP contribution in [-0.2, 0) is 4.79 Å². The average Bonchev–Trinajstić information content (AvgIpc) is 2.88. The molecular formula is C14H20N2O2. The van der Waals surface area contributed by atoms with E-state index in [1.165, 1.54) is 0 Å². The molecule has 1 amide bonds. The Bertz CT molecular complexity index is 420. The van der Waals surface area contributed by atoms with Crippen LogP contribution < -0.4 is 10.1 Å². The number of likely N-dealkylation sites (N-methyl/N-ethyl adjacent to an activating group) is 1. The first kappa shape index (κ1) is 12.9. The third-order valence-electron chi connectivity index (χ3n) is 3.40. The molecule has 2 rings (SSSR count). The van der Waals surface area contributed by atoms with Crippen LogP contribution in [0.2, 0.25) is 0 Å². The summed E-state index contributed by atoms with van der Waals surface area (Å²) >= 11 is 0. The van der Waals surface area contributed by atoms with Crippen LogP contribution in [0.3, 0.4) is 0 Å². The summed E-state index contributed by atoms with van der Waals surface area (Å²) in [4.78, 5) is 14.0. The molecule has 4 nitrogen and oxygen atoms in total. The van der Waals surface area contributed by atoms with E-state index in [-0.39, 0.29) is 11.9 Å². The molecule has 18 heavy (non-hydrogen) atoms. The molecule has 0 unspecified atom stereocenters. The van der Waals surface area contributed by atoms with Gasteiger partial charge in [-0.15, -0.1) is 0 Å². The standard InChI is InChI=1S/C14H20N2O2/c1-15-10-14(17)16-9-5-7-12(16)11-6-3-4-8-13(11)18-2/h3-4,6,8,12,15H,5,7,9-10H2,1-2H3/t12-/m1/s1. The van der Waals surface area contributed by atoms with Gasteiger partial charge in [-0.2, -0.15) is 0 Å². The maximum atomic E-state index is 12.1. The van der Waals surface area contributed by atoms with Gasteiger partial charge in [-0.25, -0.2) is 0 Å². The Hall–Kier alpha value is -1.55. The number of methoxy groups -OCH3 is 1. The number of amides is 1. The minimum atomic E-state index is 0.155. The molecule has 98 valence electrons. The van der Waals surface area contributed by atoms with Gasteiger partial charge in [-0.3, -0.25) is 4.79 Å². The zero-order valence-corrected chi connectivity index (χ0v) is 11.0. The summed E-state index contributed by atoms with van der Waals surface area (Å²) in [6.45, 7) is 1.23. The maximum Gasteiger partial charge on any atom is 0.237 e. The van der Waals surface area contributed by atoms with Crippen molar-refractivity contribution in [3.8, 4) is 5.75 Å². The second-order valence-electron chi connectivity index (χ2n) is 4.52. The number of nitrogens with one attached hydrogen (secondary N) is 1. The van der Waals surface area contributed by atoms with E-state index in [2.05, 4.69) is 11.4 Å². The zero-order valence-electron chi connectivity index (χ0n) is 11.0. The lowest BCUT2D eigenvalue weighted by Gasteiger charge is -2.26. The van der Waals surface area contributed by atoms with Crippen molar-refractivity contribution in [1.29, 1.82) is 0 Å². The van der Waals surface area contributed by atoms with Crippen molar-refractivity contribution in [1.82, 2.24) is 10.2 Å². The Morgan fingerprint density at radius 3 is 3.00 bits per heavy atom. The highest BCUT2D eigenvalue weighted by Gasteiger charge is 2.30. The average molecular weight is 248 g/mol. The summed E-state index contributed by atoms with van der Waals surface area (Å²) in [6, 6.07) is 8.11. The summed E-state index contributed by atoms with van der Waals surface area (Å²) in [5.74, 6) is 1.03. The minimum Gasteiger partial charge on any atom is -0.496 e. The first-order valence-electron chi connectivity index (χ1n) is 6.35. The molecule has 4 heteroatoms. The maximum absolute atomic E-state index is 12.1. The molecule has 0 radical (unpaired) electrons. The molecule has 1 N–H and O–H groups in total. The van der Waals surface area contributed by atoms with E-state index >= 15 is 0 Å². The van der Waals surface area contributed by atoms with Crippen LogP contribution in [0.15, 0.2) is 24.3 Å². The van der Waals surface area contributed by atoms with Gasteiger partial charge in [0.05, 0.1) is 19.7 Å². The van der Waals surface area contributed by atoms with E-state index in [0.717, 1.165) is 30.7 Å². The van der Waals surface area contributed by atoms with E-state index < -0.39 is 0 Å². The van der Waals surface area contributed by atoms with Gasteiger partial charge in [0.15, 0.2) is 0 Å². The number of rotatable bonds is 4. The van der Waals surface area contributed by atoms with Crippen molar-refractivity contribution in [2.24, 2.45) is 0 Å². The first-order chi connectivity index (χ1) is 8.77. The normalized spacial score (nSPS) is 19.0. The fourth-order valence-corrected chi connectivity index (χ4v) is 2.58. The summed E-state index contributed by atoms with van der Waals surface area (Å²) < 4.78 is 5.39. The monoisotopic (exact) mass is 248 g/mol. The third-order valence-corrected chi connectivity index (χ3v) is 3.40. The van der Waals surface area contributed by atoms with E-state index in [1.54, 1.807) is 14.2 Å². The number of para-hydroxylation sites is 1. The predicted molar refractivity (Wildman–Crippen MR) is 70.6 cm³/mol. The lowest BCUT2D eigenvalue weighted by Crippen LogP contribution is -2.36. The Morgan fingerprint density at radius 2 is 2.28 bits per heavy atom. The number of likely N-dealkylation sites (tertiary alicyclic amines) is 1. The number of carbonyl (C=O) groups excluding carboxylic acids is 1. The zero-order chi connectivity index (χ0) is 13.0. The molecule has 1 aliphatic heterocycles. The molecule has 1 heterocycles. The Kier molecular flexibility index (Phi) is 4.20. The van der Waals surface area contributed by atoms with Gasteiger partial charge in [-0.1, -0.05) is 18.2 Å². The SMILES string of the molecule is CNCC(=O)N1CCC[C@@H]1c1ccccc1OC. The van der Waals surface area contributed by atoms with Gasteiger partial charge in [-0.05, 0) is 26.0 Å². The third kappa shape index (κ3) is 2.48. The fraction of sp³-hybridized carbons (Fsp3) is 0.500. The van der Waals surface area contributed by atoms with E-state index in [1.807, 2.05) is 23.1 Å². The Balaban J connectivity index is 2.23. The molecule has 0 bridgehead atoms. The van der Waals surface area contributed by atoms with Crippen LogP contribution in [0.5, 0.6) is 5.75 Å². The van der Waals surface area contributed by atoms with E-state index in [9.17, 15) is 4.79 Å². The summed E-state index contributed by atoms with van der Waals surface area (Å²) in [7, 11) is 3.47. The molecule has 1 aliphatic rings. The summed E-state index contributed by atoms with van der Waals surface area (Å²) in [5.41, 5.74) is 1.11. The molecular weight excluding hydrogens is 228 g/mol. The van der Waals surface area contributed by atoms with Crippen molar-refractivity contribution < 1.29 is 9.53 Å². The van der Waals surface area contributed by atoms with E-state index in [0.29, 0.717) is 6.54 Å².